The van der Waals surface area contributed by atoms with E-state index in [4.69, 9.17) is 4.98 Å². The zero-order chi connectivity index (χ0) is 38.7. The van der Waals surface area contributed by atoms with Gasteiger partial charge in [-0.25, -0.2) is 4.98 Å². The molecule has 9 aromatic rings. The van der Waals surface area contributed by atoms with Crippen molar-refractivity contribution in [1.29, 1.82) is 0 Å². The molecule has 0 saturated heterocycles. The molecule has 4 heteroatoms. The summed E-state index contributed by atoms with van der Waals surface area (Å²) in [6.45, 7) is 0. The van der Waals surface area contributed by atoms with Crippen molar-refractivity contribution in [3.05, 3.63) is 216 Å². The maximum Gasteiger partial charge on any atom is 0.141 e. The molecule has 2 unspecified atom stereocenters. The predicted molar refractivity (Wildman–Crippen MR) is 242 cm³/mol. The first kappa shape index (κ1) is 32.8. The van der Waals surface area contributed by atoms with Gasteiger partial charge in [0.2, 0.25) is 0 Å². The zero-order valence-corrected chi connectivity index (χ0v) is 32.4. The van der Waals surface area contributed by atoms with Crippen molar-refractivity contribution in [2.75, 3.05) is 0 Å². The highest BCUT2D eigenvalue weighted by atomic mass is 15.1. The van der Waals surface area contributed by atoms with E-state index in [-0.39, 0.29) is 5.41 Å². The van der Waals surface area contributed by atoms with Gasteiger partial charge < -0.3 is 4.57 Å². The summed E-state index contributed by atoms with van der Waals surface area (Å²) in [7, 11) is 0. The number of nitrogens with zero attached hydrogens (tertiary/aromatic N) is 4. The fourth-order valence-electron chi connectivity index (χ4n) is 11.1. The lowest BCUT2D eigenvalue weighted by Crippen LogP contribution is -2.32. The third-order valence-corrected chi connectivity index (χ3v) is 13.6. The molecular weight excluding hydrogens is 717 g/mol. The molecule has 4 aliphatic carbocycles. The molecule has 6 aromatic carbocycles. The molecule has 4 nitrogen and oxygen atoms in total. The van der Waals surface area contributed by atoms with Crippen molar-refractivity contribution in [3.8, 4) is 33.6 Å². The lowest BCUT2D eigenvalue weighted by atomic mass is 9.65. The number of para-hydroxylation sites is 3. The summed E-state index contributed by atoms with van der Waals surface area (Å²) in [5.74, 6) is 1.33. The SMILES string of the molecule is C1=CCCC(c2nc3ccccc3n2-c2ccc(-c3ccc(-n4c5ccccc5c5cc6c(cc54)C4(c5ccncc5C5=CC=CCC54)c4ccccc4-6)cc3)cc2)=C1. The molecule has 0 amide bonds. The molecule has 13 rings (SSSR count). The van der Waals surface area contributed by atoms with Crippen LogP contribution in [0.5, 0.6) is 0 Å². The van der Waals surface area contributed by atoms with Gasteiger partial charge in [0.05, 0.1) is 27.5 Å². The molecule has 3 aromatic heterocycles. The monoisotopic (exact) mass is 754 g/mol. The number of hydrogen-bond donors (Lipinski definition) is 0. The molecule has 0 fully saturated rings. The quantitative estimate of drug-likeness (QED) is 0.179. The number of pyridine rings is 1. The Kier molecular flexibility index (Phi) is 6.86. The number of allylic oxidation sites excluding steroid dienone is 8. The first-order valence-electron chi connectivity index (χ1n) is 20.8. The average Bonchev–Trinajstić information content (AvgIpc) is 4.03. The molecule has 0 radical (unpaired) electrons. The van der Waals surface area contributed by atoms with Crippen molar-refractivity contribution in [2.24, 2.45) is 5.92 Å². The molecule has 1 spiro atoms. The van der Waals surface area contributed by atoms with Crippen LogP contribution in [0, 0.1) is 5.92 Å². The highest BCUT2D eigenvalue weighted by molar-refractivity contribution is 6.12. The average molecular weight is 755 g/mol. The third-order valence-electron chi connectivity index (χ3n) is 13.6. The van der Waals surface area contributed by atoms with E-state index in [1.807, 2.05) is 6.20 Å². The molecule has 0 N–H and O–H groups in total. The molecule has 2 atom stereocenters. The number of benzene rings is 6. The first-order valence-corrected chi connectivity index (χ1v) is 20.8. The van der Waals surface area contributed by atoms with Crippen molar-refractivity contribution >= 4 is 44.0 Å². The summed E-state index contributed by atoms with van der Waals surface area (Å²) < 4.78 is 4.80. The maximum absolute atomic E-state index is 5.10. The van der Waals surface area contributed by atoms with Gasteiger partial charge in [0.15, 0.2) is 0 Å². The molecule has 3 heterocycles. The summed E-state index contributed by atoms with van der Waals surface area (Å²) in [4.78, 5) is 9.75. The minimum atomic E-state index is -0.291. The van der Waals surface area contributed by atoms with Gasteiger partial charge in [-0.1, -0.05) is 115 Å². The molecule has 0 saturated carbocycles. The molecular formula is C55H38N4. The second kappa shape index (κ2) is 12.3. The maximum atomic E-state index is 5.10. The van der Waals surface area contributed by atoms with Crippen LogP contribution < -0.4 is 0 Å². The molecule has 59 heavy (non-hydrogen) atoms. The number of hydrogen-bond acceptors (Lipinski definition) is 2. The summed E-state index contributed by atoms with van der Waals surface area (Å²) in [5, 5.41) is 2.55. The van der Waals surface area contributed by atoms with Crippen LogP contribution in [-0.4, -0.2) is 19.1 Å². The van der Waals surface area contributed by atoms with Crippen LogP contribution in [0.4, 0.5) is 0 Å². The predicted octanol–water partition coefficient (Wildman–Crippen LogP) is 13.2. The molecule has 0 bridgehead atoms. The summed E-state index contributed by atoms with van der Waals surface area (Å²) in [6, 6.07) is 51.9. The fraction of sp³-hybridized carbons (Fsp3) is 0.0909. The smallest absolute Gasteiger partial charge is 0.141 e. The van der Waals surface area contributed by atoms with E-state index in [0.717, 1.165) is 47.5 Å². The number of rotatable bonds is 4. The molecule has 278 valence electrons. The van der Waals surface area contributed by atoms with Crippen LogP contribution in [0.15, 0.2) is 188 Å². The lowest BCUT2D eigenvalue weighted by molar-refractivity contribution is 0.495. The van der Waals surface area contributed by atoms with Crippen LogP contribution in [0.2, 0.25) is 0 Å². The van der Waals surface area contributed by atoms with Gasteiger partial charge in [-0.3, -0.25) is 9.55 Å². The Bertz CT molecular complexity index is 3350. The minimum Gasteiger partial charge on any atom is -0.309 e. The summed E-state index contributed by atoms with van der Waals surface area (Å²) in [5.41, 5.74) is 19.8. The number of fused-ring (bicyclic) bond motifs is 14. The Labute approximate surface area is 342 Å². The second-order valence-electron chi connectivity index (χ2n) is 16.4. The first-order chi connectivity index (χ1) is 29.3. The zero-order valence-electron chi connectivity index (χ0n) is 32.4. The minimum absolute atomic E-state index is 0.291. The van der Waals surface area contributed by atoms with Crippen molar-refractivity contribution in [3.63, 3.8) is 0 Å². The summed E-state index contributed by atoms with van der Waals surface area (Å²) in [6.07, 6.45) is 20.6. The summed E-state index contributed by atoms with van der Waals surface area (Å²) >= 11 is 0. The van der Waals surface area contributed by atoms with Gasteiger partial charge >= 0.3 is 0 Å². The topological polar surface area (TPSA) is 35.6 Å². The van der Waals surface area contributed by atoms with E-state index in [1.165, 1.54) is 77.5 Å². The van der Waals surface area contributed by atoms with Gasteiger partial charge in [0.1, 0.15) is 5.82 Å². The van der Waals surface area contributed by atoms with Crippen molar-refractivity contribution in [1.82, 2.24) is 19.1 Å². The van der Waals surface area contributed by atoms with E-state index in [9.17, 15) is 0 Å². The number of imidazole rings is 1. The molecule has 4 aliphatic rings. The van der Waals surface area contributed by atoms with E-state index in [1.54, 1.807) is 0 Å². The van der Waals surface area contributed by atoms with Crippen molar-refractivity contribution in [2.45, 2.75) is 24.7 Å². The van der Waals surface area contributed by atoms with Gasteiger partial charge in [-0.15, -0.1) is 0 Å². The van der Waals surface area contributed by atoms with Crippen LogP contribution >= 0.6 is 0 Å². The van der Waals surface area contributed by atoms with Crippen LogP contribution in [0.25, 0.3) is 77.6 Å². The number of aromatic nitrogens is 4. The Morgan fingerprint density at radius 3 is 2.12 bits per heavy atom. The van der Waals surface area contributed by atoms with Crippen LogP contribution in [0.3, 0.4) is 0 Å². The third kappa shape index (κ3) is 4.49. The van der Waals surface area contributed by atoms with Gasteiger partial charge in [0, 0.05) is 46.0 Å². The highest BCUT2D eigenvalue weighted by Crippen LogP contribution is 2.65. The Morgan fingerprint density at radius 1 is 0.559 bits per heavy atom. The van der Waals surface area contributed by atoms with Crippen LogP contribution in [0.1, 0.15) is 47.3 Å². The lowest BCUT2D eigenvalue weighted by Gasteiger charge is -2.36. The highest BCUT2D eigenvalue weighted by Gasteiger charge is 2.56. The van der Waals surface area contributed by atoms with E-state index < -0.39 is 0 Å². The van der Waals surface area contributed by atoms with Crippen molar-refractivity contribution < 1.29 is 0 Å². The van der Waals surface area contributed by atoms with E-state index >= 15 is 0 Å². The Balaban J connectivity index is 0.942. The largest absolute Gasteiger partial charge is 0.309 e. The van der Waals surface area contributed by atoms with Gasteiger partial charge in [-0.05, 0) is 130 Å². The van der Waals surface area contributed by atoms with Gasteiger partial charge in [0.25, 0.3) is 0 Å². The van der Waals surface area contributed by atoms with E-state index in [2.05, 4.69) is 196 Å². The molecule has 0 aliphatic heterocycles. The standard InChI is InChI=1S/C55H38N4/c1-2-12-37(13-3-1)54-57-50-19-9-11-21-52(50)59(54)39-28-24-36(25-29-39)35-22-26-38(27-23-35)58-51-20-10-6-16-42(51)44-32-43-40-14-4-7-17-46(40)55(49(43)33-53(44)58)47-18-8-5-15-41(47)45-34-56-31-30-48(45)55/h1-2,4-12,14-17,19-34,47H,3,13,18H2. The Hall–Kier alpha value is -7.30. The normalized spacial score (nSPS) is 18.6. The Morgan fingerprint density at radius 2 is 1.29 bits per heavy atom. The second-order valence-corrected chi connectivity index (χ2v) is 16.4. The van der Waals surface area contributed by atoms with Gasteiger partial charge in [-0.2, -0.15) is 0 Å². The van der Waals surface area contributed by atoms with E-state index in [0.29, 0.717) is 5.92 Å². The fourth-order valence-corrected chi connectivity index (χ4v) is 11.1. The van der Waals surface area contributed by atoms with Crippen LogP contribution in [-0.2, 0) is 5.41 Å².